The third-order valence-electron chi connectivity index (χ3n) is 4.31. The van der Waals surface area contributed by atoms with Crippen LogP contribution in [0.3, 0.4) is 0 Å². The molecule has 1 aliphatic carbocycles. The minimum atomic E-state index is -0.0161. The molecule has 2 aromatic carbocycles. The number of carbonyl (C=O) groups is 1. The summed E-state index contributed by atoms with van der Waals surface area (Å²) in [7, 11) is 0. The molecule has 1 atom stereocenters. The van der Waals surface area contributed by atoms with E-state index in [0.717, 1.165) is 12.0 Å². The largest absolute Gasteiger partial charge is 0.399 e. The van der Waals surface area contributed by atoms with Gasteiger partial charge in [0.25, 0.3) is 5.91 Å². The molecule has 2 aromatic rings. The van der Waals surface area contributed by atoms with Crippen molar-refractivity contribution in [2.75, 3.05) is 5.73 Å². The number of halogens is 1. The number of nitrogens with two attached hydrogens (primary N) is 1. The number of nitrogen functional groups attached to an aromatic ring is 1. The average molecular weight is 331 g/mol. The van der Waals surface area contributed by atoms with Crippen molar-refractivity contribution in [2.24, 2.45) is 5.92 Å². The van der Waals surface area contributed by atoms with Crippen LogP contribution in [0.2, 0.25) is 0 Å². The number of carbonyl (C=O) groups excluding carboxylic acids is 1. The topological polar surface area (TPSA) is 55.1 Å². The Morgan fingerprint density at radius 1 is 1.22 bits per heavy atom. The SMILES string of the molecule is Cc1ccc(N)cc1C(=O)NC(Cc1ccccc1)C1CC1.Cl. The first-order valence-corrected chi connectivity index (χ1v) is 7.84. The lowest BCUT2D eigenvalue weighted by molar-refractivity contribution is 0.0931. The van der Waals surface area contributed by atoms with E-state index in [2.05, 4.69) is 17.4 Å². The molecule has 1 aliphatic rings. The molecule has 122 valence electrons. The summed E-state index contributed by atoms with van der Waals surface area (Å²) in [5.74, 6) is 0.586. The van der Waals surface area contributed by atoms with E-state index in [1.807, 2.05) is 37.3 Å². The van der Waals surface area contributed by atoms with Gasteiger partial charge in [0.15, 0.2) is 0 Å². The van der Waals surface area contributed by atoms with Crippen molar-refractivity contribution in [3.05, 3.63) is 65.2 Å². The summed E-state index contributed by atoms with van der Waals surface area (Å²) in [5.41, 5.74) is 9.34. The van der Waals surface area contributed by atoms with Gasteiger partial charge in [-0.25, -0.2) is 0 Å². The zero-order valence-electron chi connectivity index (χ0n) is 13.3. The molecule has 1 amide bonds. The molecular formula is C19H23ClN2O. The molecule has 3 rings (SSSR count). The van der Waals surface area contributed by atoms with Gasteiger partial charge >= 0.3 is 0 Å². The van der Waals surface area contributed by atoms with Crippen molar-refractivity contribution in [1.29, 1.82) is 0 Å². The van der Waals surface area contributed by atoms with Gasteiger partial charge in [-0.3, -0.25) is 4.79 Å². The van der Waals surface area contributed by atoms with Crippen molar-refractivity contribution >= 4 is 24.0 Å². The number of amides is 1. The van der Waals surface area contributed by atoms with Gasteiger partial charge in [0.1, 0.15) is 0 Å². The maximum absolute atomic E-state index is 12.6. The summed E-state index contributed by atoms with van der Waals surface area (Å²) in [6.07, 6.45) is 3.29. The van der Waals surface area contributed by atoms with Crippen LogP contribution in [0, 0.1) is 12.8 Å². The summed E-state index contributed by atoms with van der Waals surface area (Å²) in [5, 5.41) is 3.22. The standard InChI is InChI=1S/C19H22N2O.ClH/c1-13-7-10-16(20)12-17(13)19(22)21-18(15-8-9-15)11-14-5-3-2-4-6-14;/h2-7,10,12,15,18H,8-9,11,20H2,1H3,(H,21,22);1H. The Morgan fingerprint density at radius 2 is 1.91 bits per heavy atom. The molecule has 1 unspecified atom stereocenters. The first-order valence-electron chi connectivity index (χ1n) is 7.84. The molecule has 0 aliphatic heterocycles. The van der Waals surface area contributed by atoms with Crippen molar-refractivity contribution in [2.45, 2.75) is 32.2 Å². The first kappa shape index (κ1) is 17.4. The van der Waals surface area contributed by atoms with Crippen molar-refractivity contribution < 1.29 is 4.79 Å². The van der Waals surface area contributed by atoms with E-state index in [1.165, 1.54) is 18.4 Å². The Hall–Kier alpha value is -2.00. The van der Waals surface area contributed by atoms with E-state index in [4.69, 9.17) is 5.73 Å². The molecule has 23 heavy (non-hydrogen) atoms. The number of benzene rings is 2. The second kappa shape index (κ2) is 7.51. The van der Waals surface area contributed by atoms with Gasteiger partial charge in [-0.1, -0.05) is 36.4 Å². The van der Waals surface area contributed by atoms with E-state index < -0.39 is 0 Å². The molecule has 0 aromatic heterocycles. The van der Waals surface area contributed by atoms with Crippen LogP contribution in [0.1, 0.15) is 34.3 Å². The number of rotatable bonds is 5. The highest BCUT2D eigenvalue weighted by atomic mass is 35.5. The van der Waals surface area contributed by atoms with Crippen LogP contribution in [0.4, 0.5) is 5.69 Å². The van der Waals surface area contributed by atoms with Gasteiger partial charge in [-0.05, 0) is 55.4 Å². The third-order valence-corrected chi connectivity index (χ3v) is 4.31. The predicted octanol–water partition coefficient (Wildman–Crippen LogP) is 3.75. The molecule has 0 radical (unpaired) electrons. The molecule has 3 N–H and O–H groups in total. The van der Waals surface area contributed by atoms with E-state index in [0.29, 0.717) is 17.2 Å². The van der Waals surface area contributed by atoms with Gasteiger partial charge in [0.2, 0.25) is 0 Å². The molecule has 4 heteroatoms. The molecule has 1 saturated carbocycles. The second-order valence-corrected chi connectivity index (χ2v) is 6.18. The molecule has 0 spiro atoms. The maximum atomic E-state index is 12.6. The van der Waals surface area contributed by atoms with E-state index in [1.54, 1.807) is 6.07 Å². The van der Waals surface area contributed by atoms with Gasteiger partial charge < -0.3 is 11.1 Å². The lowest BCUT2D eigenvalue weighted by Gasteiger charge is -2.19. The quantitative estimate of drug-likeness (QED) is 0.820. The van der Waals surface area contributed by atoms with Crippen LogP contribution in [0.15, 0.2) is 48.5 Å². The van der Waals surface area contributed by atoms with Crippen LogP contribution >= 0.6 is 12.4 Å². The highest BCUT2D eigenvalue weighted by molar-refractivity contribution is 5.96. The van der Waals surface area contributed by atoms with Crippen molar-refractivity contribution in [3.8, 4) is 0 Å². The summed E-state index contributed by atoms with van der Waals surface area (Å²) in [6.45, 7) is 1.94. The van der Waals surface area contributed by atoms with Gasteiger partial charge in [0.05, 0.1) is 0 Å². The van der Waals surface area contributed by atoms with E-state index in [-0.39, 0.29) is 24.4 Å². The minimum Gasteiger partial charge on any atom is -0.399 e. The number of nitrogens with one attached hydrogen (secondary N) is 1. The summed E-state index contributed by atoms with van der Waals surface area (Å²) >= 11 is 0. The monoisotopic (exact) mass is 330 g/mol. The van der Waals surface area contributed by atoms with Crippen molar-refractivity contribution in [1.82, 2.24) is 5.32 Å². The van der Waals surface area contributed by atoms with E-state index >= 15 is 0 Å². The Kier molecular flexibility index (Phi) is 5.67. The predicted molar refractivity (Wildman–Crippen MR) is 97.0 cm³/mol. The van der Waals surface area contributed by atoms with Gasteiger partial charge in [0, 0.05) is 17.3 Å². The second-order valence-electron chi connectivity index (χ2n) is 6.18. The maximum Gasteiger partial charge on any atom is 0.251 e. The fourth-order valence-corrected chi connectivity index (χ4v) is 2.83. The highest BCUT2D eigenvalue weighted by Crippen LogP contribution is 2.34. The number of anilines is 1. The Labute approximate surface area is 143 Å². The molecular weight excluding hydrogens is 308 g/mol. The lowest BCUT2D eigenvalue weighted by atomic mass is 10.0. The Bertz CT molecular complexity index is 668. The summed E-state index contributed by atoms with van der Waals surface area (Å²) in [4.78, 5) is 12.6. The Balaban J connectivity index is 0.00000192. The molecule has 1 fully saturated rings. The van der Waals surface area contributed by atoms with Crippen LogP contribution in [-0.2, 0) is 6.42 Å². The third kappa shape index (κ3) is 4.49. The van der Waals surface area contributed by atoms with Gasteiger partial charge in [-0.2, -0.15) is 0 Å². The minimum absolute atomic E-state index is 0. The van der Waals surface area contributed by atoms with E-state index in [9.17, 15) is 4.79 Å². The van der Waals surface area contributed by atoms with Crippen LogP contribution in [0.25, 0.3) is 0 Å². The fourth-order valence-electron chi connectivity index (χ4n) is 2.83. The summed E-state index contributed by atoms with van der Waals surface area (Å²) in [6, 6.07) is 16.0. The molecule has 0 heterocycles. The van der Waals surface area contributed by atoms with Crippen molar-refractivity contribution in [3.63, 3.8) is 0 Å². The van der Waals surface area contributed by atoms with Crippen LogP contribution < -0.4 is 11.1 Å². The zero-order valence-corrected chi connectivity index (χ0v) is 14.1. The fraction of sp³-hybridized carbons (Fsp3) is 0.316. The lowest BCUT2D eigenvalue weighted by Crippen LogP contribution is -2.38. The first-order chi connectivity index (χ1) is 10.6. The molecule has 0 saturated heterocycles. The number of hydrogen-bond acceptors (Lipinski definition) is 2. The highest BCUT2D eigenvalue weighted by Gasteiger charge is 2.32. The van der Waals surface area contributed by atoms with Crippen LogP contribution in [0.5, 0.6) is 0 Å². The number of aryl methyl sites for hydroxylation is 1. The smallest absolute Gasteiger partial charge is 0.251 e. The number of hydrogen-bond donors (Lipinski definition) is 2. The molecule has 3 nitrogen and oxygen atoms in total. The Morgan fingerprint density at radius 3 is 2.57 bits per heavy atom. The van der Waals surface area contributed by atoms with Crippen LogP contribution in [-0.4, -0.2) is 11.9 Å². The zero-order chi connectivity index (χ0) is 15.5. The average Bonchev–Trinajstić information content (AvgIpc) is 3.35. The normalized spacial score (nSPS) is 14.7. The van der Waals surface area contributed by atoms with Gasteiger partial charge in [-0.15, -0.1) is 12.4 Å². The molecule has 0 bridgehead atoms. The summed E-state index contributed by atoms with van der Waals surface area (Å²) < 4.78 is 0.